The van der Waals surface area contributed by atoms with E-state index in [1.54, 1.807) is 11.3 Å². The van der Waals surface area contributed by atoms with E-state index in [2.05, 4.69) is 51.8 Å². The van der Waals surface area contributed by atoms with Crippen LogP contribution in [0.15, 0.2) is 60.1 Å². The van der Waals surface area contributed by atoms with Crippen LogP contribution in [-0.4, -0.2) is 34.6 Å². The summed E-state index contributed by atoms with van der Waals surface area (Å²) in [6.45, 7) is 3.45. The Balaban J connectivity index is 1.33. The van der Waals surface area contributed by atoms with E-state index in [0.717, 1.165) is 47.5 Å². The zero-order chi connectivity index (χ0) is 23.5. The predicted molar refractivity (Wildman–Crippen MR) is 133 cm³/mol. The number of aromatic nitrogens is 1. The van der Waals surface area contributed by atoms with Gasteiger partial charge in [-0.05, 0) is 73.7 Å². The lowest BCUT2D eigenvalue weighted by molar-refractivity contribution is -0.149. The number of carbonyl (C=O) groups is 2. The molecule has 178 valence electrons. The van der Waals surface area contributed by atoms with Crippen LogP contribution in [0.5, 0.6) is 0 Å². The molecule has 0 saturated heterocycles. The Morgan fingerprint density at radius 3 is 2.65 bits per heavy atom. The van der Waals surface area contributed by atoms with Gasteiger partial charge in [-0.1, -0.05) is 24.3 Å². The molecule has 3 heterocycles. The summed E-state index contributed by atoms with van der Waals surface area (Å²) >= 11 is 1.68. The number of para-hydroxylation sites is 1. The number of fused-ring (bicyclic) bond motifs is 3. The van der Waals surface area contributed by atoms with Gasteiger partial charge < -0.3 is 19.5 Å². The van der Waals surface area contributed by atoms with Gasteiger partial charge in [-0.25, -0.2) is 4.79 Å². The average molecular weight is 478 g/mol. The molecule has 1 aromatic carbocycles. The van der Waals surface area contributed by atoms with E-state index in [-0.39, 0.29) is 24.0 Å². The van der Waals surface area contributed by atoms with Crippen LogP contribution in [-0.2, 0) is 16.1 Å². The topological polar surface area (TPSA) is 63.6 Å². The van der Waals surface area contributed by atoms with Crippen LogP contribution >= 0.6 is 11.3 Å². The van der Waals surface area contributed by atoms with Gasteiger partial charge in [0.2, 0.25) is 0 Å². The van der Waals surface area contributed by atoms with Crippen molar-refractivity contribution in [1.29, 1.82) is 0 Å². The number of benzene rings is 1. The van der Waals surface area contributed by atoms with Crippen LogP contribution in [0.3, 0.4) is 0 Å². The number of hydrogen-bond donors (Lipinski definition) is 1. The number of carbonyl (C=O) groups excluding carboxylic acids is 2. The first-order chi connectivity index (χ1) is 16.7. The fourth-order valence-electron chi connectivity index (χ4n) is 5.28. The average Bonchev–Trinajstić information content (AvgIpc) is 3.54. The van der Waals surface area contributed by atoms with Gasteiger partial charge in [0.25, 0.3) is 0 Å². The van der Waals surface area contributed by atoms with Gasteiger partial charge >= 0.3 is 12.0 Å². The molecule has 1 N–H and O–H groups in total. The molecule has 5 rings (SSSR count). The lowest BCUT2D eigenvalue weighted by atomic mass is 9.82. The van der Waals surface area contributed by atoms with Crippen molar-refractivity contribution in [3.63, 3.8) is 0 Å². The third-order valence-electron chi connectivity index (χ3n) is 7.05. The van der Waals surface area contributed by atoms with Gasteiger partial charge in [0, 0.05) is 17.6 Å². The second kappa shape index (κ2) is 10.1. The molecule has 1 fully saturated rings. The third-order valence-corrected chi connectivity index (χ3v) is 7.97. The smallest absolute Gasteiger partial charge is 0.318 e. The van der Waals surface area contributed by atoms with E-state index in [9.17, 15) is 9.59 Å². The summed E-state index contributed by atoms with van der Waals surface area (Å²) in [6.07, 6.45) is 5.62. The summed E-state index contributed by atoms with van der Waals surface area (Å²) in [5, 5.41) is 5.30. The summed E-state index contributed by atoms with van der Waals surface area (Å²) in [6, 6.07) is 16.4. The first kappa shape index (κ1) is 22.7. The highest BCUT2D eigenvalue weighted by Crippen LogP contribution is 2.38. The minimum absolute atomic E-state index is 0.00464. The van der Waals surface area contributed by atoms with Crippen molar-refractivity contribution in [3.05, 3.63) is 76.2 Å². The molecule has 3 aromatic rings. The van der Waals surface area contributed by atoms with Crippen molar-refractivity contribution >= 4 is 23.3 Å². The highest BCUT2D eigenvalue weighted by molar-refractivity contribution is 7.10. The molecule has 2 amide bonds. The lowest BCUT2D eigenvalue weighted by Crippen LogP contribution is -2.43. The van der Waals surface area contributed by atoms with Crippen LogP contribution in [0.1, 0.15) is 54.8 Å². The van der Waals surface area contributed by atoms with E-state index in [1.165, 1.54) is 0 Å². The van der Waals surface area contributed by atoms with Crippen LogP contribution in [0, 0.1) is 11.8 Å². The van der Waals surface area contributed by atoms with Gasteiger partial charge in [-0.15, -0.1) is 11.3 Å². The molecule has 2 aromatic heterocycles. The summed E-state index contributed by atoms with van der Waals surface area (Å²) < 4.78 is 7.40. The molecule has 1 atom stereocenters. The Kier molecular flexibility index (Phi) is 6.72. The quantitative estimate of drug-likeness (QED) is 0.492. The van der Waals surface area contributed by atoms with Crippen molar-refractivity contribution in [2.24, 2.45) is 11.8 Å². The normalized spacial score (nSPS) is 21.8. The number of esters is 1. The number of hydrogen-bond acceptors (Lipinski definition) is 4. The Hall–Kier alpha value is -3.06. The van der Waals surface area contributed by atoms with E-state index in [4.69, 9.17) is 4.74 Å². The summed E-state index contributed by atoms with van der Waals surface area (Å²) in [5.41, 5.74) is 3.35. The molecule has 0 unspecified atom stereocenters. The number of nitrogens with one attached hydrogen (secondary N) is 1. The van der Waals surface area contributed by atoms with Crippen molar-refractivity contribution in [2.75, 3.05) is 13.2 Å². The van der Waals surface area contributed by atoms with E-state index < -0.39 is 0 Å². The summed E-state index contributed by atoms with van der Waals surface area (Å²) in [4.78, 5) is 28.8. The van der Waals surface area contributed by atoms with Crippen molar-refractivity contribution in [3.8, 4) is 5.69 Å². The second-order valence-corrected chi connectivity index (χ2v) is 10.1. The van der Waals surface area contributed by atoms with E-state index >= 15 is 0 Å². The lowest BCUT2D eigenvalue weighted by Gasteiger charge is -2.32. The molecule has 7 heteroatoms. The van der Waals surface area contributed by atoms with Crippen LogP contribution in [0.4, 0.5) is 4.79 Å². The van der Waals surface area contributed by atoms with Crippen molar-refractivity contribution in [2.45, 2.75) is 45.2 Å². The number of amides is 2. The maximum absolute atomic E-state index is 13.6. The molecule has 0 spiro atoms. The fraction of sp³-hybridized carbons (Fsp3) is 0.407. The number of nitrogens with zero attached hydrogens (tertiary/aromatic N) is 2. The predicted octanol–water partition coefficient (Wildman–Crippen LogP) is 5.52. The Bertz CT molecular complexity index is 1130. The molecular formula is C27H31N3O3S. The maximum Gasteiger partial charge on any atom is 0.318 e. The minimum Gasteiger partial charge on any atom is -0.466 e. The zero-order valence-corrected chi connectivity index (χ0v) is 20.3. The number of ether oxygens (including phenoxy) is 1. The number of thiophene rings is 1. The van der Waals surface area contributed by atoms with Crippen LogP contribution in [0.2, 0.25) is 0 Å². The van der Waals surface area contributed by atoms with Gasteiger partial charge in [0.15, 0.2) is 0 Å². The highest BCUT2D eigenvalue weighted by Gasteiger charge is 2.34. The Morgan fingerprint density at radius 1 is 1.06 bits per heavy atom. The van der Waals surface area contributed by atoms with Gasteiger partial charge in [-0.2, -0.15) is 0 Å². The Labute approximate surface area is 204 Å². The van der Waals surface area contributed by atoms with Gasteiger partial charge in [0.05, 0.1) is 30.5 Å². The highest BCUT2D eigenvalue weighted by atomic mass is 32.1. The van der Waals surface area contributed by atoms with Gasteiger partial charge in [-0.3, -0.25) is 4.79 Å². The molecule has 1 saturated carbocycles. The SMILES string of the molecule is CCOC(=O)C1CCC(CNC(=O)N2Cc3ccccc3-n3cccc3[C@H]2c2cccs2)CC1. The molecule has 0 radical (unpaired) electrons. The first-order valence-electron chi connectivity index (χ1n) is 12.2. The molecule has 0 bridgehead atoms. The van der Waals surface area contributed by atoms with Gasteiger partial charge in [0.1, 0.15) is 6.04 Å². The van der Waals surface area contributed by atoms with E-state index in [1.807, 2.05) is 30.0 Å². The largest absolute Gasteiger partial charge is 0.466 e. The molecule has 1 aliphatic carbocycles. The van der Waals surface area contributed by atoms with Crippen LogP contribution in [0.25, 0.3) is 5.69 Å². The molecule has 1 aliphatic heterocycles. The maximum atomic E-state index is 13.6. The van der Waals surface area contributed by atoms with Crippen molar-refractivity contribution in [1.82, 2.24) is 14.8 Å². The second-order valence-electron chi connectivity index (χ2n) is 9.13. The molecule has 34 heavy (non-hydrogen) atoms. The molecular weight excluding hydrogens is 446 g/mol. The molecule has 6 nitrogen and oxygen atoms in total. The molecule has 2 aliphatic rings. The standard InChI is InChI=1S/C27H31N3O3S/c1-2-33-26(31)20-13-11-19(12-14-20)17-28-27(32)30-18-21-7-3-4-8-22(21)29-15-5-9-23(29)25(30)24-10-6-16-34-24/h3-10,15-16,19-20,25H,2,11-14,17-18H2,1H3,(H,28,32)/t19?,20?,25-/m0/s1. The third kappa shape index (κ3) is 4.49. The number of urea groups is 1. The van der Waals surface area contributed by atoms with Crippen molar-refractivity contribution < 1.29 is 14.3 Å². The fourth-order valence-corrected chi connectivity index (χ4v) is 6.13. The van der Waals surface area contributed by atoms with Crippen LogP contribution < -0.4 is 5.32 Å². The summed E-state index contributed by atoms with van der Waals surface area (Å²) in [5.74, 6) is 0.318. The Morgan fingerprint density at radius 2 is 1.88 bits per heavy atom. The minimum atomic E-state index is -0.151. The monoisotopic (exact) mass is 477 g/mol. The summed E-state index contributed by atoms with van der Waals surface area (Å²) in [7, 11) is 0. The zero-order valence-electron chi connectivity index (χ0n) is 19.5. The van der Waals surface area contributed by atoms with E-state index in [0.29, 0.717) is 25.6 Å². The number of rotatable bonds is 5. The first-order valence-corrected chi connectivity index (χ1v) is 13.0.